The van der Waals surface area contributed by atoms with Crippen LogP contribution in [0.4, 0.5) is 13.2 Å². The highest BCUT2D eigenvalue weighted by Gasteiger charge is 2.32. The summed E-state index contributed by atoms with van der Waals surface area (Å²) in [6.07, 6.45) is -2.85. The third-order valence-electron chi connectivity index (χ3n) is 3.96. The Morgan fingerprint density at radius 2 is 1.90 bits per heavy atom. The minimum absolute atomic E-state index is 0.0687. The predicted octanol–water partition coefficient (Wildman–Crippen LogP) is 5.32. The molecule has 1 heterocycles. The van der Waals surface area contributed by atoms with Crippen LogP contribution in [0.1, 0.15) is 21.6 Å². The summed E-state index contributed by atoms with van der Waals surface area (Å²) >= 11 is 1.32. The normalized spacial score (nSPS) is 11.1. The van der Waals surface area contributed by atoms with E-state index in [1.807, 2.05) is 0 Å². The Morgan fingerprint density at radius 1 is 1.17 bits per heavy atom. The molecule has 1 N–H and O–H groups in total. The summed E-state index contributed by atoms with van der Waals surface area (Å²) in [4.78, 5) is 16.2. The summed E-state index contributed by atoms with van der Waals surface area (Å²) < 4.78 is 44.7. The molecule has 0 atom stereocenters. The summed E-state index contributed by atoms with van der Waals surface area (Å²) in [5.41, 5.74) is 0.456. The molecule has 1 amide bonds. The van der Waals surface area contributed by atoms with Gasteiger partial charge in [-0.05, 0) is 30.3 Å². The zero-order valence-corrected chi connectivity index (χ0v) is 16.0. The van der Waals surface area contributed by atoms with Crippen molar-refractivity contribution in [1.82, 2.24) is 10.3 Å². The lowest BCUT2D eigenvalue weighted by molar-refractivity contribution is -0.138. The lowest BCUT2D eigenvalue weighted by Gasteiger charge is -2.13. The molecule has 2 aromatic carbocycles. The van der Waals surface area contributed by atoms with Crippen LogP contribution in [0, 0.1) is 0 Å². The Balaban J connectivity index is 1.67. The fourth-order valence-electron chi connectivity index (χ4n) is 2.54. The highest BCUT2D eigenvalue weighted by atomic mass is 32.1. The molecular weight excluding hydrogens is 401 g/mol. The molecule has 0 saturated heterocycles. The van der Waals surface area contributed by atoms with Crippen LogP contribution in [0.15, 0.2) is 66.6 Å². The van der Waals surface area contributed by atoms with Gasteiger partial charge in [0, 0.05) is 23.1 Å². The number of nitrogens with one attached hydrogen (secondary N) is 1. The molecule has 3 rings (SSSR count). The molecule has 29 heavy (non-hydrogen) atoms. The average Bonchev–Trinajstić information content (AvgIpc) is 3.21. The SMILES string of the molecule is C=CCNC(=O)c1csc(-c2ccc(OCc3ccccc3C(F)(F)F)cc2)n1. The first-order chi connectivity index (χ1) is 13.9. The lowest BCUT2D eigenvalue weighted by atomic mass is 10.1. The molecule has 0 aliphatic rings. The molecule has 3 aromatic rings. The molecule has 0 radical (unpaired) electrons. The number of nitrogens with zero attached hydrogens (tertiary/aromatic N) is 1. The topological polar surface area (TPSA) is 51.2 Å². The van der Waals surface area contributed by atoms with Crippen molar-refractivity contribution >= 4 is 17.2 Å². The van der Waals surface area contributed by atoms with E-state index in [1.165, 1.54) is 23.5 Å². The highest BCUT2D eigenvalue weighted by molar-refractivity contribution is 7.13. The fraction of sp³-hybridized carbons (Fsp3) is 0.143. The second kappa shape index (κ2) is 8.91. The number of ether oxygens (including phenoxy) is 1. The van der Waals surface area contributed by atoms with Gasteiger partial charge in [-0.25, -0.2) is 4.98 Å². The number of carbonyl (C=O) groups is 1. The van der Waals surface area contributed by atoms with Gasteiger partial charge in [-0.15, -0.1) is 17.9 Å². The zero-order valence-electron chi connectivity index (χ0n) is 15.2. The van der Waals surface area contributed by atoms with Crippen LogP contribution in [-0.4, -0.2) is 17.4 Å². The van der Waals surface area contributed by atoms with E-state index in [4.69, 9.17) is 4.74 Å². The number of thiazole rings is 1. The van der Waals surface area contributed by atoms with Gasteiger partial charge in [0.05, 0.1) is 5.56 Å². The Morgan fingerprint density at radius 3 is 2.59 bits per heavy atom. The first-order valence-electron chi connectivity index (χ1n) is 8.61. The van der Waals surface area contributed by atoms with Gasteiger partial charge in [0.15, 0.2) is 0 Å². The molecular formula is C21H17F3N2O2S. The minimum Gasteiger partial charge on any atom is -0.489 e. The number of hydrogen-bond donors (Lipinski definition) is 1. The maximum Gasteiger partial charge on any atom is 0.416 e. The molecule has 0 bridgehead atoms. The smallest absolute Gasteiger partial charge is 0.416 e. The molecule has 0 fully saturated rings. The lowest BCUT2D eigenvalue weighted by Crippen LogP contribution is -2.23. The fourth-order valence-corrected chi connectivity index (χ4v) is 3.35. The van der Waals surface area contributed by atoms with Gasteiger partial charge in [0.2, 0.25) is 0 Å². The van der Waals surface area contributed by atoms with Gasteiger partial charge in [-0.2, -0.15) is 13.2 Å². The maximum atomic E-state index is 13.0. The Kier molecular flexibility index (Phi) is 6.33. The molecule has 150 valence electrons. The summed E-state index contributed by atoms with van der Waals surface area (Å²) in [7, 11) is 0. The Bertz CT molecular complexity index is 998. The van der Waals surface area contributed by atoms with Gasteiger partial charge in [0.1, 0.15) is 23.1 Å². The molecule has 1 aromatic heterocycles. The maximum absolute atomic E-state index is 13.0. The second-order valence-electron chi connectivity index (χ2n) is 6.00. The van der Waals surface area contributed by atoms with Crippen molar-refractivity contribution in [2.45, 2.75) is 12.8 Å². The van der Waals surface area contributed by atoms with Crippen molar-refractivity contribution in [3.05, 3.63) is 83.4 Å². The van der Waals surface area contributed by atoms with E-state index < -0.39 is 11.7 Å². The Hall–Kier alpha value is -3.13. The van der Waals surface area contributed by atoms with Gasteiger partial charge in [-0.3, -0.25) is 4.79 Å². The van der Waals surface area contributed by atoms with Gasteiger partial charge >= 0.3 is 6.18 Å². The summed E-state index contributed by atoms with van der Waals surface area (Å²) in [5, 5.41) is 4.97. The monoisotopic (exact) mass is 418 g/mol. The van der Waals surface area contributed by atoms with E-state index in [9.17, 15) is 18.0 Å². The zero-order chi connectivity index (χ0) is 20.9. The van der Waals surface area contributed by atoms with Gasteiger partial charge in [0.25, 0.3) is 5.91 Å². The predicted molar refractivity (Wildman–Crippen MR) is 106 cm³/mol. The average molecular weight is 418 g/mol. The number of aromatic nitrogens is 1. The largest absolute Gasteiger partial charge is 0.489 e. The van der Waals surface area contributed by atoms with Crippen LogP contribution < -0.4 is 10.1 Å². The summed E-state index contributed by atoms with van der Waals surface area (Å²) in [5.74, 6) is 0.155. The van der Waals surface area contributed by atoms with Crippen LogP contribution in [0.2, 0.25) is 0 Å². The van der Waals surface area contributed by atoms with Crippen molar-refractivity contribution in [2.24, 2.45) is 0 Å². The number of halogens is 3. The molecule has 0 saturated carbocycles. The van der Waals surface area contributed by atoms with Gasteiger partial charge < -0.3 is 10.1 Å². The van der Waals surface area contributed by atoms with Crippen molar-refractivity contribution in [3.8, 4) is 16.3 Å². The third-order valence-corrected chi connectivity index (χ3v) is 4.85. The van der Waals surface area contributed by atoms with Crippen molar-refractivity contribution in [2.75, 3.05) is 6.54 Å². The van der Waals surface area contributed by atoms with Crippen molar-refractivity contribution in [3.63, 3.8) is 0 Å². The number of benzene rings is 2. The number of rotatable bonds is 7. The van der Waals surface area contributed by atoms with Crippen LogP contribution >= 0.6 is 11.3 Å². The van der Waals surface area contributed by atoms with Crippen LogP contribution in [-0.2, 0) is 12.8 Å². The van der Waals surface area contributed by atoms with E-state index in [0.29, 0.717) is 23.0 Å². The third kappa shape index (κ3) is 5.23. The number of carbonyl (C=O) groups excluding carboxylic acids is 1. The number of alkyl halides is 3. The summed E-state index contributed by atoms with van der Waals surface area (Å²) in [6, 6.07) is 12.1. The molecule has 0 aliphatic carbocycles. The van der Waals surface area contributed by atoms with E-state index in [-0.39, 0.29) is 18.1 Å². The first-order valence-corrected chi connectivity index (χ1v) is 9.49. The molecule has 8 heteroatoms. The van der Waals surface area contributed by atoms with E-state index in [2.05, 4.69) is 16.9 Å². The molecule has 4 nitrogen and oxygen atoms in total. The molecule has 0 spiro atoms. The van der Waals surface area contributed by atoms with E-state index in [1.54, 1.807) is 41.8 Å². The first kappa shape index (κ1) is 20.6. The standard InChI is InChI=1S/C21H17F3N2O2S/c1-2-11-25-19(27)18-13-29-20(26-18)14-7-9-16(10-8-14)28-12-15-5-3-4-6-17(15)21(22,23)24/h2-10,13H,1,11-12H2,(H,25,27). The van der Waals surface area contributed by atoms with Crippen LogP contribution in [0.25, 0.3) is 10.6 Å². The number of hydrogen-bond acceptors (Lipinski definition) is 4. The van der Waals surface area contributed by atoms with E-state index >= 15 is 0 Å². The Labute approximate surface area is 169 Å². The van der Waals surface area contributed by atoms with Gasteiger partial charge in [-0.1, -0.05) is 24.3 Å². The van der Waals surface area contributed by atoms with Crippen molar-refractivity contribution in [1.29, 1.82) is 0 Å². The summed E-state index contributed by atoms with van der Waals surface area (Å²) in [6.45, 7) is 3.70. The van der Waals surface area contributed by atoms with Crippen LogP contribution in [0.5, 0.6) is 5.75 Å². The molecule has 0 aliphatic heterocycles. The molecule has 0 unspecified atom stereocenters. The van der Waals surface area contributed by atoms with E-state index in [0.717, 1.165) is 11.6 Å². The second-order valence-corrected chi connectivity index (χ2v) is 6.86. The minimum atomic E-state index is -4.43. The number of amides is 1. The van der Waals surface area contributed by atoms with Crippen LogP contribution in [0.3, 0.4) is 0 Å². The van der Waals surface area contributed by atoms with Crippen molar-refractivity contribution < 1.29 is 22.7 Å². The quantitative estimate of drug-likeness (QED) is 0.528. The highest BCUT2D eigenvalue weighted by Crippen LogP contribution is 2.32.